The first-order valence-electron chi connectivity index (χ1n) is 8.92. The van der Waals surface area contributed by atoms with Gasteiger partial charge in [0.05, 0.1) is 21.0 Å². The lowest BCUT2D eigenvalue weighted by Gasteiger charge is -2.28. The summed E-state index contributed by atoms with van der Waals surface area (Å²) in [5, 5.41) is 5.44. The van der Waals surface area contributed by atoms with Gasteiger partial charge in [0.2, 0.25) is 0 Å². The molecule has 1 amide bonds. The molecule has 146 valence electrons. The number of fused-ring (bicyclic) bond motifs is 1. The standard InChI is InChI=1S/C19H18Cl2N4OS2/c1-27-19-23-16(25-7-3-2-4-8-25)12-10-15(28-18(12)24-19)17(26)22-14-9-11(20)5-6-13(14)21/h5-6,9-10H,2-4,7-8H2,1H3,(H,22,26). The zero-order valence-corrected chi connectivity index (χ0v) is 18.3. The summed E-state index contributed by atoms with van der Waals surface area (Å²) in [5.74, 6) is 0.688. The second-order valence-electron chi connectivity index (χ2n) is 6.49. The SMILES string of the molecule is CSc1nc(N2CCCCC2)c2cc(C(=O)Nc3cc(Cl)ccc3Cl)sc2n1. The molecule has 0 saturated carbocycles. The number of piperidine rings is 1. The number of carbonyl (C=O) groups is 1. The lowest BCUT2D eigenvalue weighted by Crippen LogP contribution is -2.30. The third-order valence-corrected chi connectivity index (χ3v) is 6.73. The first-order chi connectivity index (χ1) is 13.5. The molecule has 1 aromatic carbocycles. The fraction of sp³-hybridized carbons (Fsp3) is 0.316. The summed E-state index contributed by atoms with van der Waals surface area (Å²) in [6.45, 7) is 1.96. The molecule has 1 aliphatic heterocycles. The third kappa shape index (κ3) is 4.08. The molecular formula is C19H18Cl2N4OS2. The number of thioether (sulfide) groups is 1. The van der Waals surface area contributed by atoms with E-state index in [4.69, 9.17) is 28.2 Å². The number of rotatable bonds is 4. The van der Waals surface area contributed by atoms with Gasteiger partial charge >= 0.3 is 0 Å². The molecule has 28 heavy (non-hydrogen) atoms. The number of anilines is 2. The summed E-state index contributed by atoms with van der Waals surface area (Å²) >= 11 is 15.1. The molecule has 0 bridgehead atoms. The lowest BCUT2D eigenvalue weighted by molar-refractivity contribution is 0.103. The molecule has 3 aromatic rings. The number of halogens is 2. The Bertz CT molecular complexity index is 1030. The van der Waals surface area contributed by atoms with E-state index in [1.807, 2.05) is 12.3 Å². The van der Waals surface area contributed by atoms with Crippen molar-refractivity contribution in [2.75, 3.05) is 29.6 Å². The van der Waals surface area contributed by atoms with Crippen molar-refractivity contribution in [3.05, 3.63) is 39.2 Å². The molecule has 2 aromatic heterocycles. The monoisotopic (exact) mass is 452 g/mol. The first-order valence-corrected chi connectivity index (χ1v) is 11.7. The van der Waals surface area contributed by atoms with E-state index < -0.39 is 0 Å². The maximum Gasteiger partial charge on any atom is 0.265 e. The van der Waals surface area contributed by atoms with E-state index in [-0.39, 0.29) is 5.91 Å². The molecule has 0 spiro atoms. The second kappa shape index (κ2) is 8.45. The van der Waals surface area contributed by atoms with Crippen LogP contribution in [0.15, 0.2) is 29.4 Å². The van der Waals surface area contributed by atoms with E-state index in [1.54, 1.807) is 18.2 Å². The summed E-state index contributed by atoms with van der Waals surface area (Å²) in [6, 6.07) is 6.86. The van der Waals surface area contributed by atoms with E-state index >= 15 is 0 Å². The van der Waals surface area contributed by atoms with E-state index in [0.717, 1.165) is 47.1 Å². The third-order valence-electron chi connectivity index (χ3n) is 4.59. The van der Waals surface area contributed by atoms with Crippen molar-refractivity contribution in [2.24, 2.45) is 0 Å². The van der Waals surface area contributed by atoms with Crippen LogP contribution in [0.1, 0.15) is 28.9 Å². The highest BCUT2D eigenvalue weighted by Crippen LogP contribution is 2.34. The van der Waals surface area contributed by atoms with E-state index in [1.165, 1.54) is 29.5 Å². The smallest absolute Gasteiger partial charge is 0.265 e. The highest BCUT2D eigenvalue weighted by Gasteiger charge is 2.21. The van der Waals surface area contributed by atoms with Gasteiger partial charge in [-0.3, -0.25) is 4.79 Å². The molecule has 4 rings (SSSR count). The largest absolute Gasteiger partial charge is 0.356 e. The summed E-state index contributed by atoms with van der Waals surface area (Å²) in [7, 11) is 0. The summed E-state index contributed by atoms with van der Waals surface area (Å²) in [4.78, 5) is 25.9. The van der Waals surface area contributed by atoms with Gasteiger partial charge < -0.3 is 10.2 Å². The van der Waals surface area contributed by atoms with Crippen LogP contribution in [0.4, 0.5) is 11.5 Å². The van der Waals surface area contributed by atoms with Crippen LogP contribution in [0.2, 0.25) is 10.0 Å². The van der Waals surface area contributed by atoms with Crippen molar-refractivity contribution in [3.8, 4) is 0 Å². The second-order valence-corrected chi connectivity index (χ2v) is 9.14. The number of nitrogens with one attached hydrogen (secondary N) is 1. The van der Waals surface area contributed by atoms with Gasteiger partial charge in [-0.15, -0.1) is 11.3 Å². The van der Waals surface area contributed by atoms with Gasteiger partial charge in [0.15, 0.2) is 5.16 Å². The number of nitrogens with zero attached hydrogens (tertiary/aromatic N) is 3. The lowest BCUT2D eigenvalue weighted by atomic mass is 10.1. The highest BCUT2D eigenvalue weighted by molar-refractivity contribution is 7.98. The predicted octanol–water partition coefficient (Wildman–Crippen LogP) is 5.96. The van der Waals surface area contributed by atoms with Crippen LogP contribution < -0.4 is 10.2 Å². The minimum absolute atomic E-state index is 0.234. The topological polar surface area (TPSA) is 58.1 Å². The Morgan fingerprint density at radius 1 is 1.18 bits per heavy atom. The maximum absolute atomic E-state index is 12.8. The Hall–Kier alpha value is -1.54. The zero-order chi connectivity index (χ0) is 19.7. The zero-order valence-electron chi connectivity index (χ0n) is 15.2. The van der Waals surface area contributed by atoms with Crippen molar-refractivity contribution < 1.29 is 4.79 Å². The van der Waals surface area contributed by atoms with Crippen LogP contribution in [-0.4, -0.2) is 35.2 Å². The van der Waals surface area contributed by atoms with Crippen LogP contribution in [0.5, 0.6) is 0 Å². The average molecular weight is 453 g/mol. The molecule has 9 heteroatoms. The summed E-state index contributed by atoms with van der Waals surface area (Å²) in [6.07, 6.45) is 5.52. The van der Waals surface area contributed by atoms with Gasteiger partial charge in [0.25, 0.3) is 5.91 Å². The van der Waals surface area contributed by atoms with Gasteiger partial charge in [-0.2, -0.15) is 0 Å². The van der Waals surface area contributed by atoms with Crippen molar-refractivity contribution in [2.45, 2.75) is 24.4 Å². The molecule has 1 aliphatic rings. The molecular weight excluding hydrogens is 435 g/mol. The molecule has 0 aliphatic carbocycles. The number of carbonyl (C=O) groups excluding carboxylic acids is 1. The molecule has 1 N–H and O–H groups in total. The Kier molecular flexibility index (Phi) is 5.96. The van der Waals surface area contributed by atoms with Crippen molar-refractivity contribution in [1.82, 2.24) is 9.97 Å². The van der Waals surface area contributed by atoms with Crippen molar-refractivity contribution >= 4 is 73.9 Å². The normalized spacial score (nSPS) is 14.5. The predicted molar refractivity (Wildman–Crippen MR) is 120 cm³/mol. The van der Waals surface area contributed by atoms with Gasteiger partial charge in [0.1, 0.15) is 10.6 Å². The highest BCUT2D eigenvalue weighted by atomic mass is 35.5. The Balaban J connectivity index is 1.70. The van der Waals surface area contributed by atoms with Gasteiger partial charge in [-0.25, -0.2) is 9.97 Å². The van der Waals surface area contributed by atoms with Gasteiger partial charge in [-0.05, 0) is 49.8 Å². The number of thiophene rings is 1. The van der Waals surface area contributed by atoms with E-state index in [9.17, 15) is 4.79 Å². The van der Waals surface area contributed by atoms with Gasteiger partial charge in [0, 0.05) is 18.1 Å². The van der Waals surface area contributed by atoms with Crippen LogP contribution in [0, 0.1) is 0 Å². The molecule has 0 unspecified atom stereocenters. The van der Waals surface area contributed by atoms with E-state index in [2.05, 4.69) is 15.2 Å². The number of aromatic nitrogens is 2. The molecule has 0 radical (unpaired) electrons. The molecule has 0 atom stereocenters. The maximum atomic E-state index is 12.8. The fourth-order valence-corrected chi connectivity index (χ4v) is 4.89. The van der Waals surface area contributed by atoms with E-state index in [0.29, 0.717) is 20.6 Å². The van der Waals surface area contributed by atoms with Crippen LogP contribution in [0.3, 0.4) is 0 Å². The molecule has 5 nitrogen and oxygen atoms in total. The average Bonchev–Trinajstić information content (AvgIpc) is 3.15. The molecule has 1 saturated heterocycles. The number of amides is 1. The van der Waals surface area contributed by atoms with Crippen LogP contribution >= 0.6 is 46.3 Å². The summed E-state index contributed by atoms with van der Waals surface area (Å²) in [5.41, 5.74) is 0.490. The number of hydrogen-bond donors (Lipinski definition) is 1. The summed E-state index contributed by atoms with van der Waals surface area (Å²) < 4.78 is 0. The fourth-order valence-electron chi connectivity index (χ4n) is 3.21. The number of benzene rings is 1. The first kappa shape index (κ1) is 19.8. The van der Waals surface area contributed by atoms with Crippen molar-refractivity contribution in [3.63, 3.8) is 0 Å². The quantitative estimate of drug-likeness (QED) is 0.390. The van der Waals surface area contributed by atoms with Crippen molar-refractivity contribution in [1.29, 1.82) is 0 Å². The number of hydrogen-bond acceptors (Lipinski definition) is 6. The van der Waals surface area contributed by atoms with Crippen LogP contribution in [-0.2, 0) is 0 Å². The van der Waals surface area contributed by atoms with Crippen LogP contribution in [0.25, 0.3) is 10.2 Å². The Morgan fingerprint density at radius 2 is 1.96 bits per heavy atom. The molecule has 3 heterocycles. The Labute approximate surface area is 181 Å². The minimum atomic E-state index is -0.234. The van der Waals surface area contributed by atoms with Gasteiger partial charge in [-0.1, -0.05) is 35.0 Å². The Morgan fingerprint density at radius 3 is 2.71 bits per heavy atom. The molecule has 1 fully saturated rings. The minimum Gasteiger partial charge on any atom is -0.356 e.